The van der Waals surface area contributed by atoms with Crippen LogP contribution in [-0.2, 0) is 0 Å². The Morgan fingerprint density at radius 3 is 2.68 bits per heavy atom. The van der Waals surface area contributed by atoms with Gasteiger partial charge in [0.15, 0.2) is 0 Å². The predicted molar refractivity (Wildman–Crippen MR) is 95.5 cm³/mol. The molecule has 1 amide bonds. The Morgan fingerprint density at radius 1 is 1.18 bits per heavy atom. The van der Waals surface area contributed by atoms with Gasteiger partial charge in [-0.15, -0.1) is 24.8 Å². The molecule has 4 nitrogen and oxygen atoms in total. The first-order valence-corrected chi connectivity index (χ1v) is 7.61. The van der Waals surface area contributed by atoms with E-state index in [0.29, 0.717) is 22.3 Å². The van der Waals surface area contributed by atoms with E-state index < -0.39 is 0 Å². The average Bonchev–Trinajstić information content (AvgIpc) is 2.46. The zero-order valence-electron chi connectivity index (χ0n) is 12.3. The maximum absolute atomic E-state index is 12.6. The minimum Gasteiger partial charge on any atom is -0.399 e. The summed E-state index contributed by atoms with van der Waals surface area (Å²) in [6.07, 6.45) is 3.75. The second-order valence-corrected chi connectivity index (χ2v) is 6.08. The van der Waals surface area contributed by atoms with Crippen molar-refractivity contribution in [3.8, 4) is 0 Å². The third-order valence-electron chi connectivity index (χ3n) is 4.35. The number of hydrogen-bond donors (Lipinski definition) is 1. The number of hydrogen-bond acceptors (Lipinski definition) is 3. The van der Waals surface area contributed by atoms with Gasteiger partial charge in [-0.25, -0.2) is 0 Å². The van der Waals surface area contributed by atoms with Crippen LogP contribution in [0.1, 0.15) is 29.6 Å². The highest BCUT2D eigenvalue weighted by atomic mass is 35.5. The third-order valence-corrected chi connectivity index (χ3v) is 4.66. The van der Waals surface area contributed by atoms with Crippen molar-refractivity contribution in [3.05, 3.63) is 28.8 Å². The number of rotatable bonds is 1. The number of carbonyl (C=O) groups excluding carboxylic acids is 1. The Balaban J connectivity index is 0.00000121. The largest absolute Gasteiger partial charge is 0.399 e. The summed E-state index contributed by atoms with van der Waals surface area (Å²) in [5.41, 5.74) is 6.82. The van der Waals surface area contributed by atoms with Crippen LogP contribution in [0.25, 0.3) is 0 Å². The molecule has 1 unspecified atom stereocenters. The van der Waals surface area contributed by atoms with Gasteiger partial charge in [0.1, 0.15) is 0 Å². The zero-order valence-corrected chi connectivity index (χ0v) is 14.7. The summed E-state index contributed by atoms with van der Waals surface area (Å²) in [7, 11) is 0. The monoisotopic (exact) mass is 365 g/mol. The highest BCUT2D eigenvalue weighted by Crippen LogP contribution is 2.25. The summed E-state index contributed by atoms with van der Waals surface area (Å²) in [5.74, 6) is 0.0280. The smallest absolute Gasteiger partial charge is 0.255 e. The van der Waals surface area contributed by atoms with Crippen molar-refractivity contribution < 1.29 is 4.79 Å². The molecule has 7 heteroatoms. The fourth-order valence-corrected chi connectivity index (χ4v) is 3.49. The number of piperazine rings is 1. The summed E-state index contributed by atoms with van der Waals surface area (Å²) < 4.78 is 0. The molecule has 2 heterocycles. The molecule has 0 aromatic heterocycles. The highest BCUT2D eigenvalue weighted by molar-refractivity contribution is 6.34. The molecule has 1 aromatic rings. The Morgan fingerprint density at radius 2 is 1.95 bits per heavy atom. The van der Waals surface area contributed by atoms with Crippen molar-refractivity contribution in [2.24, 2.45) is 0 Å². The Kier molecular flexibility index (Phi) is 7.26. The normalized spacial score (nSPS) is 21.3. The van der Waals surface area contributed by atoms with Gasteiger partial charge in [0, 0.05) is 31.4 Å². The van der Waals surface area contributed by atoms with Crippen molar-refractivity contribution in [1.82, 2.24) is 9.80 Å². The number of amides is 1. The molecule has 0 bridgehead atoms. The highest BCUT2D eigenvalue weighted by Gasteiger charge is 2.31. The first-order chi connectivity index (χ1) is 9.65. The maximum atomic E-state index is 12.6. The second-order valence-electron chi connectivity index (χ2n) is 5.68. The molecule has 2 N–H and O–H groups in total. The Hall–Kier alpha value is -0.680. The van der Waals surface area contributed by atoms with Crippen molar-refractivity contribution in [2.75, 3.05) is 31.9 Å². The minimum absolute atomic E-state index is 0. The number of anilines is 1. The molecule has 2 saturated heterocycles. The van der Waals surface area contributed by atoms with Gasteiger partial charge < -0.3 is 10.6 Å². The van der Waals surface area contributed by atoms with Crippen LogP contribution in [0.2, 0.25) is 5.02 Å². The van der Waals surface area contributed by atoms with E-state index in [1.165, 1.54) is 25.8 Å². The molecule has 0 spiro atoms. The van der Waals surface area contributed by atoms with Crippen molar-refractivity contribution in [3.63, 3.8) is 0 Å². The minimum atomic E-state index is 0. The fraction of sp³-hybridized carbons (Fsp3) is 0.533. The van der Waals surface area contributed by atoms with Crippen LogP contribution in [0, 0.1) is 0 Å². The van der Waals surface area contributed by atoms with E-state index in [1.807, 2.05) is 4.90 Å². The van der Waals surface area contributed by atoms with Crippen LogP contribution in [0.4, 0.5) is 5.69 Å². The lowest BCUT2D eigenvalue weighted by Gasteiger charge is -2.44. The molecule has 22 heavy (non-hydrogen) atoms. The van der Waals surface area contributed by atoms with E-state index in [2.05, 4.69) is 4.90 Å². The number of nitrogen functional groups attached to an aromatic ring is 1. The van der Waals surface area contributed by atoms with Crippen molar-refractivity contribution >= 4 is 48.0 Å². The molecule has 2 aliphatic heterocycles. The van der Waals surface area contributed by atoms with Crippen molar-refractivity contribution in [1.29, 1.82) is 0 Å². The molecule has 1 aromatic carbocycles. The van der Waals surface area contributed by atoms with Crippen LogP contribution < -0.4 is 5.73 Å². The van der Waals surface area contributed by atoms with Crippen LogP contribution >= 0.6 is 36.4 Å². The number of halogens is 3. The summed E-state index contributed by atoms with van der Waals surface area (Å²) >= 11 is 6.14. The molecule has 124 valence electrons. The van der Waals surface area contributed by atoms with Crippen LogP contribution in [0.5, 0.6) is 0 Å². The van der Waals surface area contributed by atoms with Gasteiger partial charge in [0.25, 0.3) is 5.91 Å². The first-order valence-electron chi connectivity index (χ1n) is 7.23. The van der Waals surface area contributed by atoms with Gasteiger partial charge in [-0.3, -0.25) is 9.69 Å². The number of fused-ring (bicyclic) bond motifs is 1. The summed E-state index contributed by atoms with van der Waals surface area (Å²) in [4.78, 5) is 17.0. The van der Waals surface area contributed by atoms with E-state index in [1.54, 1.807) is 18.2 Å². The van der Waals surface area contributed by atoms with E-state index in [-0.39, 0.29) is 30.7 Å². The number of benzene rings is 1. The van der Waals surface area contributed by atoms with E-state index in [0.717, 1.165) is 19.6 Å². The van der Waals surface area contributed by atoms with E-state index >= 15 is 0 Å². The van der Waals surface area contributed by atoms with Crippen molar-refractivity contribution in [2.45, 2.75) is 25.3 Å². The molecule has 1 atom stereocenters. The van der Waals surface area contributed by atoms with E-state index in [9.17, 15) is 4.79 Å². The summed E-state index contributed by atoms with van der Waals surface area (Å²) in [6.45, 7) is 3.76. The average molecular weight is 367 g/mol. The Labute approximate surface area is 148 Å². The molecule has 0 radical (unpaired) electrons. The summed E-state index contributed by atoms with van der Waals surface area (Å²) in [6, 6.07) is 5.63. The van der Waals surface area contributed by atoms with Gasteiger partial charge in [-0.2, -0.15) is 0 Å². The molecule has 0 saturated carbocycles. The summed E-state index contributed by atoms with van der Waals surface area (Å²) in [5, 5.41) is 0.445. The predicted octanol–water partition coefficient (Wildman–Crippen LogP) is 3.08. The zero-order chi connectivity index (χ0) is 14.1. The molecular weight excluding hydrogens is 345 g/mol. The van der Waals surface area contributed by atoms with Crippen LogP contribution in [-0.4, -0.2) is 47.9 Å². The molecule has 2 fully saturated rings. The van der Waals surface area contributed by atoms with E-state index in [4.69, 9.17) is 17.3 Å². The number of nitrogens with two attached hydrogens (primary N) is 1. The molecule has 2 aliphatic rings. The van der Waals surface area contributed by atoms with Gasteiger partial charge in [-0.1, -0.05) is 18.0 Å². The molecule has 0 aliphatic carbocycles. The fourth-order valence-electron chi connectivity index (χ4n) is 3.22. The quantitative estimate of drug-likeness (QED) is 0.777. The van der Waals surface area contributed by atoms with Gasteiger partial charge in [-0.05, 0) is 37.6 Å². The molecular formula is C15H22Cl3N3O. The lowest BCUT2D eigenvalue weighted by Crippen LogP contribution is -2.56. The van der Waals surface area contributed by atoms with Crippen LogP contribution in [0.3, 0.4) is 0 Å². The van der Waals surface area contributed by atoms with Crippen LogP contribution in [0.15, 0.2) is 18.2 Å². The number of carbonyl (C=O) groups is 1. The first kappa shape index (κ1) is 19.4. The standard InChI is InChI=1S/C15H20ClN3O.2ClH/c16-14-9-11(17)4-5-13(14)15(20)19-8-7-18-6-2-1-3-12(18)10-19;;/h4-5,9,12H,1-3,6-8,10,17H2;2*1H. The topological polar surface area (TPSA) is 49.6 Å². The lowest BCUT2D eigenvalue weighted by atomic mass is 9.99. The van der Waals surface area contributed by atoms with Gasteiger partial charge in [0.2, 0.25) is 0 Å². The number of piperidine rings is 1. The second kappa shape index (κ2) is 8.25. The SMILES string of the molecule is Cl.Cl.Nc1ccc(C(=O)N2CCN3CCCCC3C2)c(Cl)c1. The molecule has 3 rings (SSSR count). The third kappa shape index (κ3) is 3.99. The maximum Gasteiger partial charge on any atom is 0.255 e. The number of nitrogens with zero attached hydrogens (tertiary/aromatic N) is 2. The lowest BCUT2D eigenvalue weighted by molar-refractivity contribution is 0.0372. The van der Waals surface area contributed by atoms with Gasteiger partial charge >= 0.3 is 0 Å². The Bertz CT molecular complexity index is 527. The van der Waals surface area contributed by atoms with Gasteiger partial charge in [0.05, 0.1) is 10.6 Å².